The van der Waals surface area contributed by atoms with E-state index in [9.17, 15) is 4.79 Å². The Morgan fingerprint density at radius 1 is 1.19 bits per heavy atom. The fraction of sp³-hybridized carbons (Fsp3) is 0.118. The normalized spacial score (nSPS) is 16.4. The van der Waals surface area contributed by atoms with Gasteiger partial charge >= 0.3 is 0 Å². The van der Waals surface area contributed by atoms with Crippen LogP contribution < -0.4 is 10.1 Å². The van der Waals surface area contributed by atoms with E-state index in [2.05, 4.69) is 11.9 Å². The number of ether oxygens (including phenoxy) is 1. The molecule has 2 aromatic carbocycles. The largest absolute Gasteiger partial charge is 0.497 e. The Kier molecular flexibility index (Phi) is 3.71. The summed E-state index contributed by atoms with van der Waals surface area (Å²) in [4.78, 5) is 13.4. The molecule has 0 bridgehead atoms. The third kappa shape index (κ3) is 2.67. The molecule has 0 radical (unpaired) electrons. The van der Waals surface area contributed by atoms with Crippen LogP contribution in [0.1, 0.15) is 10.4 Å². The van der Waals surface area contributed by atoms with Crippen LogP contribution in [-0.2, 0) is 0 Å². The van der Waals surface area contributed by atoms with Crippen molar-refractivity contribution < 1.29 is 9.53 Å². The van der Waals surface area contributed by atoms with Gasteiger partial charge in [0.25, 0.3) is 0 Å². The van der Waals surface area contributed by atoms with Crippen molar-refractivity contribution in [1.29, 1.82) is 0 Å². The summed E-state index contributed by atoms with van der Waals surface area (Å²) in [5.74, 6) is 0.909. The summed E-state index contributed by atoms with van der Waals surface area (Å²) in [6, 6.07) is 15.2. The van der Waals surface area contributed by atoms with Gasteiger partial charge in [0.05, 0.1) is 7.11 Å². The van der Waals surface area contributed by atoms with E-state index in [0.717, 1.165) is 21.9 Å². The van der Waals surface area contributed by atoms with Crippen LogP contribution in [0.3, 0.4) is 0 Å². The van der Waals surface area contributed by atoms with Crippen LogP contribution in [0.15, 0.2) is 65.7 Å². The van der Waals surface area contributed by atoms with Crippen molar-refractivity contribution in [2.45, 2.75) is 10.1 Å². The second-order valence-electron chi connectivity index (χ2n) is 4.74. The number of methoxy groups -OCH3 is 1. The molecule has 0 aromatic heterocycles. The second-order valence-corrected chi connectivity index (χ2v) is 5.88. The summed E-state index contributed by atoms with van der Waals surface area (Å²) in [5, 5.41) is 2.94. The van der Waals surface area contributed by atoms with Gasteiger partial charge in [0, 0.05) is 21.8 Å². The van der Waals surface area contributed by atoms with Crippen LogP contribution in [-0.4, -0.2) is 18.1 Å². The van der Waals surface area contributed by atoms with Crippen molar-refractivity contribution in [1.82, 2.24) is 0 Å². The molecule has 106 valence electrons. The van der Waals surface area contributed by atoms with Crippen LogP contribution >= 0.6 is 11.8 Å². The predicted molar refractivity (Wildman–Crippen MR) is 86.2 cm³/mol. The number of hydrogen-bond donors (Lipinski definition) is 1. The fourth-order valence-corrected chi connectivity index (χ4v) is 3.39. The topological polar surface area (TPSA) is 38.3 Å². The molecule has 1 aliphatic rings. The zero-order chi connectivity index (χ0) is 14.8. The molecule has 3 nitrogen and oxygen atoms in total. The smallest absolute Gasteiger partial charge is 0.183 e. The fourth-order valence-electron chi connectivity index (χ4n) is 2.25. The minimum absolute atomic E-state index is 0.113. The highest BCUT2D eigenvalue weighted by atomic mass is 32.2. The lowest BCUT2D eigenvalue weighted by Crippen LogP contribution is -2.19. The summed E-state index contributed by atoms with van der Waals surface area (Å²) in [5.41, 5.74) is 2.38. The molecular weight excluding hydrogens is 282 g/mol. The number of carbonyl (C=O) groups excluding carboxylic acids is 1. The maximum Gasteiger partial charge on any atom is 0.183 e. The van der Waals surface area contributed by atoms with Crippen LogP contribution in [0.2, 0.25) is 0 Å². The minimum atomic E-state index is -0.274. The molecule has 0 aliphatic carbocycles. The lowest BCUT2D eigenvalue weighted by atomic mass is 10.1. The summed E-state index contributed by atoms with van der Waals surface area (Å²) in [6.45, 7) is 4.02. The molecule has 3 rings (SSSR count). The zero-order valence-electron chi connectivity index (χ0n) is 11.6. The van der Waals surface area contributed by atoms with E-state index in [-0.39, 0.29) is 11.0 Å². The average molecular weight is 297 g/mol. The van der Waals surface area contributed by atoms with Gasteiger partial charge in [-0.1, -0.05) is 24.8 Å². The van der Waals surface area contributed by atoms with Crippen LogP contribution in [0.25, 0.3) is 0 Å². The van der Waals surface area contributed by atoms with Gasteiger partial charge in [-0.25, -0.2) is 0 Å². The Morgan fingerprint density at radius 2 is 1.90 bits per heavy atom. The summed E-state index contributed by atoms with van der Waals surface area (Å²) >= 11 is 1.54. The van der Waals surface area contributed by atoms with Crippen LogP contribution in [0, 0.1) is 0 Å². The first-order chi connectivity index (χ1) is 10.2. The standard InChI is InChI=1S/C17H15NO2S/c1-11(18-12-7-9-13(20-2)10-8-12)17-16(19)14-5-3-4-6-15(14)21-17/h3-10,17-18H,1H2,2H3/t17-/m0/s1. The number of fused-ring (bicyclic) bond motifs is 1. The van der Waals surface area contributed by atoms with E-state index in [1.165, 1.54) is 0 Å². The molecule has 2 aromatic rings. The van der Waals surface area contributed by atoms with Gasteiger partial charge in [0.1, 0.15) is 11.0 Å². The molecule has 0 amide bonds. The van der Waals surface area contributed by atoms with Crippen molar-refractivity contribution in [2.24, 2.45) is 0 Å². The predicted octanol–water partition coefficient (Wildman–Crippen LogP) is 3.98. The number of rotatable bonds is 4. The summed E-state index contributed by atoms with van der Waals surface area (Å²) in [7, 11) is 1.63. The van der Waals surface area contributed by atoms with E-state index in [1.54, 1.807) is 18.9 Å². The van der Waals surface area contributed by atoms with Gasteiger partial charge in [-0.05, 0) is 30.3 Å². The highest BCUT2D eigenvalue weighted by Gasteiger charge is 2.33. The van der Waals surface area contributed by atoms with Gasteiger partial charge in [-0.3, -0.25) is 4.79 Å². The van der Waals surface area contributed by atoms with Crippen molar-refractivity contribution in [3.63, 3.8) is 0 Å². The number of anilines is 1. The van der Waals surface area contributed by atoms with E-state index in [1.807, 2.05) is 48.5 Å². The molecule has 1 N–H and O–H groups in total. The van der Waals surface area contributed by atoms with Gasteiger partial charge in [-0.15, -0.1) is 11.8 Å². The molecule has 0 saturated carbocycles. The zero-order valence-corrected chi connectivity index (χ0v) is 12.4. The van der Waals surface area contributed by atoms with Crippen molar-refractivity contribution in [3.05, 3.63) is 66.4 Å². The Balaban J connectivity index is 1.73. The highest BCUT2D eigenvalue weighted by Crippen LogP contribution is 2.39. The third-order valence-corrected chi connectivity index (χ3v) is 4.69. The van der Waals surface area contributed by atoms with E-state index < -0.39 is 0 Å². The van der Waals surface area contributed by atoms with Crippen molar-refractivity contribution >= 4 is 23.2 Å². The molecule has 1 heterocycles. The minimum Gasteiger partial charge on any atom is -0.497 e. The van der Waals surface area contributed by atoms with Gasteiger partial charge in [0.15, 0.2) is 5.78 Å². The Hall–Kier alpha value is -2.20. The number of Topliss-reactive ketones (excluding diaryl/α,β-unsaturated/α-hetero) is 1. The van der Waals surface area contributed by atoms with E-state index >= 15 is 0 Å². The number of benzene rings is 2. The molecule has 0 unspecified atom stereocenters. The maximum absolute atomic E-state index is 12.4. The maximum atomic E-state index is 12.4. The van der Waals surface area contributed by atoms with Crippen LogP contribution in [0.5, 0.6) is 5.75 Å². The number of ketones is 1. The first kappa shape index (κ1) is 13.8. The van der Waals surface area contributed by atoms with E-state index in [0.29, 0.717) is 5.70 Å². The first-order valence-electron chi connectivity index (χ1n) is 6.59. The lowest BCUT2D eigenvalue weighted by molar-refractivity contribution is 0.100. The van der Waals surface area contributed by atoms with Crippen molar-refractivity contribution in [3.8, 4) is 5.75 Å². The van der Waals surface area contributed by atoms with Gasteiger partial charge in [0.2, 0.25) is 0 Å². The molecular formula is C17H15NO2S. The number of carbonyl (C=O) groups is 1. The highest BCUT2D eigenvalue weighted by molar-refractivity contribution is 8.01. The SMILES string of the molecule is C=C(Nc1ccc(OC)cc1)[C@@H]1Sc2ccccc2C1=O. The van der Waals surface area contributed by atoms with Crippen LogP contribution in [0.4, 0.5) is 5.69 Å². The molecule has 0 fully saturated rings. The molecule has 0 spiro atoms. The van der Waals surface area contributed by atoms with Crippen molar-refractivity contribution in [2.75, 3.05) is 12.4 Å². The molecule has 21 heavy (non-hydrogen) atoms. The average Bonchev–Trinajstić information content (AvgIpc) is 2.86. The number of thioether (sulfide) groups is 1. The quantitative estimate of drug-likeness (QED) is 0.926. The third-order valence-electron chi connectivity index (χ3n) is 3.35. The molecule has 4 heteroatoms. The van der Waals surface area contributed by atoms with Gasteiger partial charge in [-0.2, -0.15) is 0 Å². The lowest BCUT2D eigenvalue weighted by Gasteiger charge is -2.14. The Labute approximate surface area is 128 Å². The number of hydrogen-bond acceptors (Lipinski definition) is 4. The second kappa shape index (κ2) is 5.66. The molecule has 1 aliphatic heterocycles. The molecule has 0 saturated heterocycles. The monoisotopic (exact) mass is 297 g/mol. The number of nitrogens with one attached hydrogen (secondary N) is 1. The van der Waals surface area contributed by atoms with Gasteiger partial charge < -0.3 is 10.1 Å². The Bertz CT molecular complexity index is 694. The Morgan fingerprint density at radius 3 is 2.57 bits per heavy atom. The summed E-state index contributed by atoms with van der Waals surface area (Å²) < 4.78 is 5.12. The molecule has 1 atom stereocenters. The summed E-state index contributed by atoms with van der Waals surface area (Å²) in [6.07, 6.45) is 0. The first-order valence-corrected chi connectivity index (χ1v) is 7.47. The van der Waals surface area contributed by atoms with E-state index in [4.69, 9.17) is 4.74 Å².